The average Bonchev–Trinajstić information content (AvgIpc) is 3.01. The minimum atomic E-state index is 0.185. The van der Waals surface area contributed by atoms with Crippen LogP contribution in [0.4, 0.5) is 5.95 Å². The van der Waals surface area contributed by atoms with Gasteiger partial charge in [0.05, 0.1) is 7.11 Å². The van der Waals surface area contributed by atoms with Crippen molar-refractivity contribution >= 4 is 17.5 Å². The molecule has 0 bridgehead atoms. The maximum atomic E-state index is 5.90. The van der Waals surface area contributed by atoms with Gasteiger partial charge in [-0.25, -0.2) is 0 Å². The molecule has 1 aromatic heterocycles. The van der Waals surface area contributed by atoms with E-state index < -0.39 is 0 Å². The van der Waals surface area contributed by atoms with Gasteiger partial charge in [0, 0.05) is 32.2 Å². The van der Waals surface area contributed by atoms with Gasteiger partial charge < -0.3 is 9.64 Å². The highest BCUT2D eigenvalue weighted by Crippen LogP contribution is 2.25. The lowest BCUT2D eigenvalue weighted by Crippen LogP contribution is -2.50. The molecule has 1 saturated heterocycles. The summed E-state index contributed by atoms with van der Waals surface area (Å²) >= 11 is 5.90. The highest BCUT2D eigenvalue weighted by atomic mass is 35.5. The van der Waals surface area contributed by atoms with Crippen LogP contribution in [-0.2, 0) is 0 Å². The van der Waals surface area contributed by atoms with Crippen LogP contribution in [0, 0.1) is 0 Å². The summed E-state index contributed by atoms with van der Waals surface area (Å²) in [6.45, 7) is 3.99. The van der Waals surface area contributed by atoms with E-state index in [1.54, 1.807) is 0 Å². The largest absolute Gasteiger partial charge is 0.467 e. The van der Waals surface area contributed by atoms with Crippen LogP contribution in [0.1, 0.15) is 25.7 Å². The molecule has 0 N–H and O–H groups in total. The van der Waals surface area contributed by atoms with Crippen LogP contribution < -0.4 is 9.64 Å². The number of halogens is 1. The molecule has 110 valence electrons. The first-order valence-electron chi connectivity index (χ1n) is 7.21. The van der Waals surface area contributed by atoms with Crippen molar-refractivity contribution in [1.82, 2.24) is 19.9 Å². The molecule has 3 rings (SSSR count). The second-order valence-electron chi connectivity index (χ2n) is 5.35. The molecule has 2 fully saturated rings. The minimum Gasteiger partial charge on any atom is -0.467 e. The summed E-state index contributed by atoms with van der Waals surface area (Å²) in [6, 6.07) is 1.06. The van der Waals surface area contributed by atoms with Crippen molar-refractivity contribution in [3.05, 3.63) is 5.28 Å². The Morgan fingerprint density at radius 3 is 2.40 bits per heavy atom. The number of hydrogen-bond donors (Lipinski definition) is 0. The highest BCUT2D eigenvalue weighted by Gasteiger charge is 2.27. The molecule has 7 heteroatoms. The van der Waals surface area contributed by atoms with Crippen molar-refractivity contribution < 1.29 is 4.74 Å². The number of piperazine rings is 1. The zero-order valence-electron chi connectivity index (χ0n) is 11.8. The van der Waals surface area contributed by atoms with Crippen LogP contribution in [0.25, 0.3) is 0 Å². The van der Waals surface area contributed by atoms with Crippen molar-refractivity contribution in [3.8, 4) is 6.01 Å². The number of aromatic nitrogens is 3. The lowest BCUT2D eigenvalue weighted by molar-refractivity contribution is 0.186. The molecule has 1 aromatic rings. The van der Waals surface area contributed by atoms with Crippen molar-refractivity contribution in [3.63, 3.8) is 0 Å². The standard InChI is InChI=1S/C13H20ClN5O/c1-20-13-16-11(14)15-12(17-13)19-8-6-18(7-9-19)10-4-2-3-5-10/h10H,2-9H2,1H3. The van der Waals surface area contributed by atoms with Crippen molar-refractivity contribution in [2.75, 3.05) is 38.2 Å². The molecule has 0 aromatic carbocycles. The second kappa shape index (κ2) is 6.10. The predicted octanol–water partition coefficient (Wildman–Crippen LogP) is 1.60. The van der Waals surface area contributed by atoms with Gasteiger partial charge in [0.15, 0.2) is 0 Å². The maximum Gasteiger partial charge on any atom is 0.322 e. The number of nitrogens with zero attached hydrogens (tertiary/aromatic N) is 5. The van der Waals surface area contributed by atoms with E-state index in [2.05, 4.69) is 24.8 Å². The van der Waals surface area contributed by atoms with E-state index in [0.29, 0.717) is 5.95 Å². The molecular weight excluding hydrogens is 278 g/mol. The number of ether oxygens (including phenoxy) is 1. The van der Waals surface area contributed by atoms with Crippen molar-refractivity contribution in [2.45, 2.75) is 31.7 Å². The molecule has 20 heavy (non-hydrogen) atoms. The first kappa shape index (κ1) is 13.8. The van der Waals surface area contributed by atoms with Gasteiger partial charge in [0.2, 0.25) is 11.2 Å². The van der Waals surface area contributed by atoms with Crippen molar-refractivity contribution in [1.29, 1.82) is 0 Å². The fraction of sp³-hybridized carbons (Fsp3) is 0.769. The number of rotatable bonds is 3. The van der Waals surface area contributed by atoms with Gasteiger partial charge in [-0.1, -0.05) is 12.8 Å². The molecule has 0 spiro atoms. The van der Waals surface area contributed by atoms with E-state index >= 15 is 0 Å². The lowest BCUT2D eigenvalue weighted by Gasteiger charge is -2.38. The molecule has 1 aliphatic carbocycles. The first-order valence-corrected chi connectivity index (χ1v) is 7.58. The fourth-order valence-electron chi connectivity index (χ4n) is 3.11. The summed E-state index contributed by atoms with van der Waals surface area (Å²) in [4.78, 5) is 17.1. The molecular formula is C13H20ClN5O. The molecule has 2 heterocycles. The predicted molar refractivity (Wildman–Crippen MR) is 77.4 cm³/mol. The summed E-state index contributed by atoms with van der Waals surface area (Å²) in [5.74, 6) is 0.618. The smallest absolute Gasteiger partial charge is 0.322 e. The van der Waals surface area contributed by atoms with Gasteiger partial charge in [-0.15, -0.1) is 0 Å². The Hall–Kier alpha value is -1.14. The van der Waals surface area contributed by atoms with Gasteiger partial charge in [0.1, 0.15) is 0 Å². The monoisotopic (exact) mass is 297 g/mol. The third-order valence-corrected chi connectivity index (χ3v) is 4.37. The molecule has 0 atom stereocenters. The minimum absolute atomic E-state index is 0.185. The van der Waals surface area contributed by atoms with Gasteiger partial charge >= 0.3 is 6.01 Å². The summed E-state index contributed by atoms with van der Waals surface area (Å²) in [6.07, 6.45) is 5.47. The van der Waals surface area contributed by atoms with Crippen LogP contribution in [0.15, 0.2) is 0 Å². The van der Waals surface area contributed by atoms with E-state index in [1.165, 1.54) is 32.8 Å². The Morgan fingerprint density at radius 2 is 1.75 bits per heavy atom. The normalized spacial score (nSPS) is 21.4. The van der Waals surface area contributed by atoms with Crippen LogP contribution >= 0.6 is 11.6 Å². The lowest BCUT2D eigenvalue weighted by atomic mass is 10.2. The number of hydrogen-bond acceptors (Lipinski definition) is 6. The molecule has 0 unspecified atom stereocenters. The second-order valence-corrected chi connectivity index (χ2v) is 5.69. The molecule has 0 radical (unpaired) electrons. The van der Waals surface area contributed by atoms with Crippen LogP contribution in [0.3, 0.4) is 0 Å². The molecule has 1 aliphatic heterocycles. The van der Waals surface area contributed by atoms with Gasteiger partial charge in [-0.05, 0) is 24.4 Å². The van der Waals surface area contributed by atoms with E-state index in [4.69, 9.17) is 16.3 Å². The molecule has 2 aliphatic rings. The molecule has 1 saturated carbocycles. The maximum absolute atomic E-state index is 5.90. The summed E-state index contributed by atoms with van der Waals surface area (Å²) < 4.78 is 5.05. The SMILES string of the molecule is COc1nc(Cl)nc(N2CCN(C3CCCC3)CC2)n1. The fourth-order valence-corrected chi connectivity index (χ4v) is 3.26. The van der Waals surface area contributed by atoms with E-state index in [-0.39, 0.29) is 11.3 Å². The quantitative estimate of drug-likeness (QED) is 0.845. The Balaban J connectivity index is 1.64. The third kappa shape index (κ3) is 2.96. The van der Waals surface area contributed by atoms with Crippen LogP contribution in [0.2, 0.25) is 5.28 Å². The van der Waals surface area contributed by atoms with Crippen molar-refractivity contribution in [2.24, 2.45) is 0 Å². The van der Waals surface area contributed by atoms with E-state index in [1.807, 2.05) is 0 Å². The zero-order valence-corrected chi connectivity index (χ0v) is 12.5. The highest BCUT2D eigenvalue weighted by molar-refractivity contribution is 6.28. The van der Waals surface area contributed by atoms with E-state index in [0.717, 1.165) is 32.2 Å². The Bertz CT molecular complexity index is 458. The Kier molecular flexibility index (Phi) is 4.21. The molecule has 0 amide bonds. The topological polar surface area (TPSA) is 54.4 Å². The summed E-state index contributed by atoms with van der Waals surface area (Å²) in [5.41, 5.74) is 0. The zero-order chi connectivity index (χ0) is 13.9. The van der Waals surface area contributed by atoms with Gasteiger partial charge in [-0.2, -0.15) is 15.0 Å². The van der Waals surface area contributed by atoms with Gasteiger partial charge in [-0.3, -0.25) is 4.90 Å². The Labute approximate surface area is 124 Å². The number of anilines is 1. The summed E-state index contributed by atoms with van der Waals surface area (Å²) in [5, 5.41) is 0.185. The first-order chi connectivity index (χ1) is 9.76. The number of methoxy groups -OCH3 is 1. The van der Waals surface area contributed by atoms with E-state index in [9.17, 15) is 0 Å². The Morgan fingerprint density at radius 1 is 1.05 bits per heavy atom. The molecule has 6 nitrogen and oxygen atoms in total. The third-order valence-electron chi connectivity index (χ3n) is 4.20. The van der Waals surface area contributed by atoms with Gasteiger partial charge in [0.25, 0.3) is 0 Å². The van der Waals surface area contributed by atoms with Crippen LogP contribution in [-0.4, -0.2) is 59.2 Å². The average molecular weight is 298 g/mol. The summed E-state index contributed by atoms with van der Waals surface area (Å²) in [7, 11) is 1.54. The van der Waals surface area contributed by atoms with Crippen LogP contribution in [0.5, 0.6) is 6.01 Å².